The Bertz CT molecular complexity index is 648. The van der Waals surface area contributed by atoms with E-state index in [0.29, 0.717) is 12.2 Å². The fourth-order valence-corrected chi connectivity index (χ4v) is 2.27. The fraction of sp³-hybridized carbons (Fsp3) is 0.211. The Morgan fingerprint density at radius 3 is 2.48 bits per heavy atom. The van der Waals surface area contributed by atoms with Gasteiger partial charge in [0.05, 0.1) is 6.61 Å². The molecule has 0 radical (unpaired) electrons. The van der Waals surface area contributed by atoms with Crippen LogP contribution < -0.4 is 10.1 Å². The first-order chi connectivity index (χ1) is 11.2. The van der Waals surface area contributed by atoms with Crippen LogP contribution in [0.15, 0.2) is 60.8 Å². The van der Waals surface area contributed by atoms with E-state index in [1.165, 1.54) is 9.65 Å². The molecule has 2 aromatic rings. The number of rotatable bonds is 8. The Hall–Kier alpha value is -1.82. The number of allylic oxidation sites excluding steroid dienone is 1. The quantitative estimate of drug-likeness (QED) is 0.273. The van der Waals surface area contributed by atoms with Crippen LogP contribution in [-0.2, 0) is 0 Å². The zero-order chi connectivity index (χ0) is 16.5. The molecule has 0 bridgehead atoms. The predicted octanol–water partition coefficient (Wildman–Crippen LogP) is 5.28. The third-order valence-corrected chi connectivity index (χ3v) is 3.95. The number of hydrogen-bond donors (Lipinski definition) is 1. The van der Waals surface area contributed by atoms with Gasteiger partial charge in [-0.05, 0) is 77.5 Å². The zero-order valence-corrected chi connectivity index (χ0v) is 15.2. The molecule has 0 aliphatic heterocycles. The molecule has 23 heavy (non-hydrogen) atoms. The molecular weight excluding hydrogens is 401 g/mol. The highest BCUT2D eigenvalue weighted by atomic mass is 127. The maximum absolute atomic E-state index is 12.1. The summed E-state index contributed by atoms with van der Waals surface area (Å²) >= 11 is 2.26. The molecule has 4 heteroatoms. The van der Waals surface area contributed by atoms with Gasteiger partial charge in [0.15, 0.2) is 5.78 Å². The molecule has 0 atom stereocenters. The lowest BCUT2D eigenvalue weighted by molar-refractivity contribution is 0.104. The molecule has 0 heterocycles. The summed E-state index contributed by atoms with van der Waals surface area (Å²) in [6.07, 6.45) is 5.34. The summed E-state index contributed by atoms with van der Waals surface area (Å²) in [5.74, 6) is 0.763. The first-order valence-corrected chi connectivity index (χ1v) is 8.73. The Morgan fingerprint density at radius 2 is 1.83 bits per heavy atom. The van der Waals surface area contributed by atoms with Gasteiger partial charge in [-0.15, -0.1) is 0 Å². The number of nitrogens with one attached hydrogen (secondary N) is 1. The minimum Gasteiger partial charge on any atom is -0.494 e. The first-order valence-electron chi connectivity index (χ1n) is 7.65. The molecule has 0 unspecified atom stereocenters. The lowest BCUT2D eigenvalue weighted by atomic mass is 10.1. The standard InChI is InChI=1S/C19H20INO2/c1-2-3-14-23-18-10-4-15(5-11-18)19(22)12-13-21-17-8-6-16(20)7-9-17/h4-13,21H,2-3,14H2,1H3. The second-order valence-electron chi connectivity index (χ2n) is 5.08. The molecule has 0 aliphatic carbocycles. The van der Waals surface area contributed by atoms with E-state index in [1.807, 2.05) is 36.4 Å². The van der Waals surface area contributed by atoms with Crippen molar-refractivity contribution in [1.82, 2.24) is 0 Å². The van der Waals surface area contributed by atoms with Crippen molar-refractivity contribution in [3.8, 4) is 5.75 Å². The van der Waals surface area contributed by atoms with Crippen LogP contribution in [0.1, 0.15) is 30.1 Å². The third-order valence-electron chi connectivity index (χ3n) is 3.23. The number of ketones is 1. The second kappa shape index (κ2) is 9.35. The average molecular weight is 421 g/mol. The van der Waals surface area contributed by atoms with Gasteiger partial charge in [-0.1, -0.05) is 13.3 Å². The largest absolute Gasteiger partial charge is 0.494 e. The normalized spacial score (nSPS) is 10.7. The number of unbranched alkanes of at least 4 members (excludes halogenated alkanes) is 1. The number of halogens is 1. The van der Waals surface area contributed by atoms with E-state index in [0.717, 1.165) is 24.3 Å². The molecule has 0 aliphatic rings. The molecule has 0 saturated heterocycles. The molecule has 2 aromatic carbocycles. The van der Waals surface area contributed by atoms with E-state index < -0.39 is 0 Å². The van der Waals surface area contributed by atoms with Gasteiger partial charge in [-0.2, -0.15) is 0 Å². The lowest BCUT2D eigenvalue weighted by Gasteiger charge is -2.05. The van der Waals surface area contributed by atoms with Crippen molar-refractivity contribution in [3.63, 3.8) is 0 Å². The van der Waals surface area contributed by atoms with Crippen LogP contribution in [0.25, 0.3) is 0 Å². The Kier molecular flexibility index (Phi) is 7.13. The summed E-state index contributed by atoms with van der Waals surface area (Å²) in [7, 11) is 0. The number of hydrogen-bond acceptors (Lipinski definition) is 3. The highest BCUT2D eigenvalue weighted by molar-refractivity contribution is 14.1. The summed E-state index contributed by atoms with van der Waals surface area (Å²) < 4.78 is 6.76. The fourth-order valence-electron chi connectivity index (χ4n) is 1.91. The number of anilines is 1. The monoisotopic (exact) mass is 421 g/mol. The van der Waals surface area contributed by atoms with Crippen LogP contribution in [0.5, 0.6) is 5.75 Å². The summed E-state index contributed by atoms with van der Waals surface area (Å²) in [6.45, 7) is 2.84. The molecule has 2 rings (SSSR count). The summed E-state index contributed by atoms with van der Waals surface area (Å²) in [6, 6.07) is 15.2. The SMILES string of the molecule is CCCCOc1ccc(C(=O)C=CNc2ccc(I)cc2)cc1. The van der Waals surface area contributed by atoms with Crippen molar-refractivity contribution in [1.29, 1.82) is 0 Å². The Morgan fingerprint density at radius 1 is 1.13 bits per heavy atom. The molecule has 0 aromatic heterocycles. The number of carbonyl (C=O) groups is 1. The minimum atomic E-state index is -0.0388. The van der Waals surface area contributed by atoms with E-state index in [2.05, 4.69) is 34.8 Å². The van der Waals surface area contributed by atoms with Crippen molar-refractivity contribution in [3.05, 3.63) is 69.9 Å². The second-order valence-corrected chi connectivity index (χ2v) is 6.32. The van der Waals surface area contributed by atoms with Crippen LogP contribution in [0.3, 0.4) is 0 Å². The van der Waals surface area contributed by atoms with Gasteiger partial charge in [-0.3, -0.25) is 4.79 Å². The van der Waals surface area contributed by atoms with Gasteiger partial charge in [0.25, 0.3) is 0 Å². The molecular formula is C19H20INO2. The Labute approximate surface area is 150 Å². The van der Waals surface area contributed by atoms with Gasteiger partial charge < -0.3 is 10.1 Å². The minimum absolute atomic E-state index is 0.0388. The molecule has 0 amide bonds. The van der Waals surface area contributed by atoms with Gasteiger partial charge in [0.1, 0.15) is 5.75 Å². The topological polar surface area (TPSA) is 38.3 Å². The summed E-state index contributed by atoms with van der Waals surface area (Å²) in [5.41, 5.74) is 1.60. The van der Waals surface area contributed by atoms with Gasteiger partial charge in [0.2, 0.25) is 0 Å². The summed E-state index contributed by atoms with van der Waals surface area (Å²) in [5, 5.41) is 3.09. The van der Waals surface area contributed by atoms with Gasteiger partial charge in [-0.25, -0.2) is 0 Å². The predicted molar refractivity (Wildman–Crippen MR) is 103 cm³/mol. The number of carbonyl (C=O) groups excluding carboxylic acids is 1. The van der Waals surface area contributed by atoms with Crippen molar-refractivity contribution in [2.75, 3.05) is 11.9 Å². The number of ether oxygens (including phenoxy) is 1. The summed E-state index contributed by atoms with van der Waals surface area (Å²) in [4.78, 5) is 12.1. The van der Waals surface area contributed by atoms with E-state index in [4.69, 9.17) is 4.74 Å². The van der Waals surface area contributed by atoms with E-state index in [-0.39, 0.29) is 5.78 Å². The van der Waals surface area contributed by atoms with Crippen LogP contribution in [0, 0.1) is 3.57 Å². The highest BCUT2D eigenvalue weighted by Crippen LogP contribution is 2.14. The molecule has 0 saturated carbocycles. The first kappa shape index (κ1) is 17.5. The molecule has 3 nitrogen and oxygen atoms in total. The molecule has 0 spiro atoms. The molecule has 0 fully saturated rings. The number of benzene rings is 2. The van der Waals surface area contributed by atoms with Crippen LogP contribution in [-0.4, -0.2) is 12.4 Å². The smallest absolute Gasteiger partial charge is 0.187 e. The van der Waals surface area contributed by atoms with Crippen molar-refractivity contribution in [2.45, 2.75) is 19.8 Å². The van der Waals surface area contributed by atoms with E-state index in [1.54, 1.807) is 18.3 Å². The average Bonchev–Trinajstić information content (AvgIpc) is 2.57. The van der Waals surface area contributed by atoms with Crippen LogP contribution >= 0.6 is 22.6 Å². The lowest BCUT2D eigenvalue weighted by Crippen LogP contribution is -1.99. The Balaban J connectivity index is 1.87. The van der Waals surface area contributed by atoms with Crippen LogP contribution in [0.2, 0.25) is 0 Å². The maximum atomic E-state index is 12.1. The molecule has 120 valence electrons. The van der Waals surface area contributed by atoms with E-state index >= 15 is 0 Å². The van der Waals surface area contributed by atoms with E-state index in [9.17, 15) is 4.79 Å². The third kappa shape index (κ3) is 6.06. The highest BCUT2D eigenvalue weighted by Gasteiger charge is 2.02. The van der Waals surface area contributed by atoms with Gasteiger partial charge >= 0.3 is 0 Å². The van der Waals surface area contributed by atoms with Gasteiger partial charge in [0, 0.05) is 27.1 Å². The van der Waals surface area contributed by atoms with Crippen LogP contribution in [0.4, 0.5) is 5.69 Å². The van der Waals surface area contributed by atoms with Crippen molar-refractivity contribution in [2.24, 2.45) is 0 Å². The zero-order valence-electron chi connectivity index (χ0n) is 13.1. The van der Waals surface area contributed by atoms with Crippen molar-refractivity contribution >= 4 is 34.1 Å². The maximum Gasteiger partial charge on any atom is 0.187 e. The molecule has 1 N–H and O–H groups in total. The van der Waals surface area contributed by atoms with Crippen molar-refractivity contribution < 1.29 is 9.53 Å².